The van der Waals surface area contributed by atoms with Crippen LogP contribution in [0, 0.1) is 0 Å². The molecule has 0 fully saturated rings. The van der Waals surface area contributed by atoms with Crippen molar-refractivity contribution < 1.29 is 9.47 Å². The van der Waals surface area contributed by atoms with E-state index in [1.54, 1.807) is 7.11 Å². The van der Waals surface area contributed by atoms with Gasteiger partial charge < -0.3 is 15.2 Å². The Labute approximate surface area is 76.9 Å². The van der Waals surface area contributed by atoms with Crippen molar-refractivity contribution in [2.24, 2.45) is 0 Å². The second-order valence-electron chi connectivity index (χ2n) is 2.66. The lowest BCUT2D eigenvalue weighted by molar-refractivity contribution is 0.0887. The Morgan fingerprint density at radius 1 is 1.46 bits per heavy atom. The molecule has 1 aromatic rings. The summed E-state index contributed by atoms with van der Waals surface area (Å²) in [5.74, 6) is 0.838. The number of hydrogen-bond acceptors (Lipinski definition) is 5. The normalized spacial score (nSPS) is 12.5. The molecule has 0 aromatic carbocycles. The third kappa shape index (κ3) is 3.25. The van der Waals surface area contributed by atoms with Crippen LogP contribution in [0.3, 0.4) is 0 Å². The Kier molecular flexibility index (Phi) is 3.45. The van der Waals surface area contributed by atoms with Crippen LogP contribution in [0.4, 0.5) is 5.82 Å². The van der Waals surface area contributed by atoms with E-state index in [0.717, 1.165) is 0 Å². The molecule has 0 spiro atoms. The van der Waals surface area contributed by atoms with Crippen LogP contribution >= 0.6 is 0 Å². The minimum absolute atomic E-state index is 0.0390. The van der Waals surface area contributed by atoms with Crippen LogP contribution in [0.2, 0.25) is 0 Å². The minimum Gasteiger partial charge on any atom is -0.471 e. The van der Waals surface area contributed by atoms with Crippen LogP contribution in [-0.2, 0) is 4.74 Å². The number of nitrogen functional groups attached to an aromatic ring is 1. The molecule has 13 heavy (non-hydrogen) atoms. The van der Waals surface area contributed by atoms with Gasteiger partial charge in [0.25, 0.3) is 0 Å². The van der Waals surface area contributed by atoms with Crippen molar-refractivity contribution in [3.63, 3.8) is 0 Å². The molecule has 1 unspecified atom stereocenters. The van der Waals surface area contributed by atoms with Gasteiger partial charge in [0.05, 0.1) is 19.0 Å². The molecule has 0 saturated carbocycles. The van der Waals surface area contributed by atoms with Crippen LogP contribution in [0.25, 0.3) is 0 Å². The first-order chi connectivity index (χ1) is 6.22. The fourth-order valence-corrected chi connectivity index (χ4v) is 0.862. The predicted octanol–water partition coefficient (Wildman–Crippen LogP) is 0.473. The van der Waals surface area contributed by atoms with Gasteiger partial charge in [-0.25, -0.2) is 9.97 Å². The molecular formula is C8H13N3O2. The van der Waals surface area contributed by atoms with Gasteiger partial charge in [0.2, 0.25) is 5.88 Å². The quantitative estimate of drug-likeness (QED) is 0.734. The zero-order valence-electron chi connectivity index (χ0n) is 7.73. The van der Waals surface area contributed by atoms with Gasteiger partial charge in [-0.1, -0.05) is 0 Å². The summed E-state index contributed by atoms with van der Waals surface area (Å²) in [7, 11) is 1.62. The summed E-state index contributed by atoms with van der Waals surface area (Å²) in [6.07, 6.45) is 2.90. The summed E-state index contributed by atoms with van der Waals surface area (Å²) in [4.78, 5) is 7.78. The van der Waals surface area contributed by atoms with E-state index >= 15 is 0 Å². The molecule has 1 aromatic heterocycles. The van der Waals surface area contributed by atoms with E-state index < -0.39 is 0 Å². The Balaban J connectivity index is 2.49. The van der Waals surface area contributed by atoms with Crippen LogP contribution in [0.5, 0.6) is 5.88 Å². The second kappa shape index (κ2) is 4.61. The van der Waals surface area contributed by atoms with Gasteiger partial charge in [-0.3, -0.25) is 0 Å². The van der Waals surface area contributed by atoms with Gasteiger partial charge in [-0.2, -0.15) is 0 Å². The number of nitrogens with zero attached hydrogens (tertiary/aromatic N) is 2. The molecule has 0 aliphatic carbocycles. The van der Waals surface area contributed by atoms with E-state index in [1.165, 1.54) is 12.4 Å². The van der Waals surface area contributed by atoms with Gasteiger partial charge in [-0.15, -0.1) is 0 Å². The van der Waals surface area contributed by atoms with Gasteiger partial charge in [0.15, 0.2) is 0 Å². The molecule has 1 heterocycles. The molecule has 0 bridgehead atoms. The lowest BCUT2D eigenvalue weighted by Gasteiger charge is -2.11. The second-order valence-corrected chi connectivity index (χ2v) is 2.66. The van der Waals surface area contributed by atoms with Gasteiger partial charge in [0.1, 0.15) is 11.9 Å². The number of anilines is 1. The average Bonchev–Trinajstić information content (AvgIpc) is 2.09. The van der Waals surface area contributed by atoms with E-state index in [0.29, 0.717) is 18.3 Å². The van der Waals surface area contributed by atoms with Crippen molar-refractivity contribution in [2.75, 3.05) is 19.5 Å². The number of nitrogens with two attached hydrogens (primary N) is 1. The highest BCUT2D eigenvalue weighted by atomic mass is 16.5. The Bertz CT molecular complexity index is 250. The van der Waals surface area contributed by atoms with Crippen LogP contribution in [0.15, 0.2) is 12.4 Å². The van der Waals surface area contributed by atoms with E-state index in [-0.39, 0.29) is 6.10 Å². The van der Waals surface area contributed by atoms with E-state index in [2.05, 4.69) is 9.97 Å². The Hall–Kier alpha value is -1.36. The summed E-state index contributed by atoms with van der Waals surface area (Å²) in [6.45, 7) is 2.41. The highest BCUT2D eigenvalue weighted by Gasteiger charge is 2.03. The fraction of sp³-hybridized carbons (Fsp3) is 0.500. The van der Waals surface area contributed by atoms with E-state index in [1.807, 2.05) is 6.92 Å². The molecule has 1 rings (SSSR count). The summed E-state index contributed by atoms with van der Waals surface area (Å²) in [6, 6.07) is 0. The molecule has 5 heteroatoms. The summed E-state index contributed by atoms with van der Waals surface area (Å²) in [5.41, 5.74) is 5.36. The SMILES string of the molecule is COCC(C)Oc1cnc(N)cn1. The predicted molar refractivity (Wildman–Crippen MR) is 48.4 cm³/mol. The summed E-state index contributed by atoms with van der Waals surface area (Å²) in [5, 5.41) is 0. The molecule has 72 valence electrons. The maximum atomic E-state index is 5.36. The van der Waals surface area contributed by atoms with Crippen molar-refractivity contribution in [3.8, 4) is 5.88 Å². The Morgan fingerprint density at radius 3 is 2.77 bits per heavy atom. The standard InChI is InChI=1S/C8H13N3O2/c1-6(5-12-2)13-8-4-10-7(9)3-11-8/h3-4,6H,5H2,1-2H3,(H2,9,10). The molecule has 0 radical (unpaired) electrons. The first-order valence-corrected chi connectivity index (χ1v) is 3.95. The van der Waals surface area contributed by atoms with Crippen molar-refractivity contribution in [3.05, 3.63) is 12.4 Å². The molecular weight excluding hydrogens is 170 g/mol. The highest BCUT2D eigenvalue weighted by Crippen LogP contribution is 2.06. The lowest BCUT2D eigenvalue weighted by Crippen LogP contribution is -2.18. The number of methoxy groups -OCH3 is 1. The molecule has 0 amide bonds. The lowest BCUT2D eigenvalue weighted by atomic mass is 10.4. The number of aromatic nitrogens is 2. The molecule has 0 aliphatic rings. The monoisotopic (exact) mass is 183 g/mol. The first kappa shape index (κ1) is 9.73. The summed E-state index contributed by atoms with van der Waals surface area (Å²) < 4.78 is 10.3. The first-order valence-electron chi connectivity index (χ1n) is 3.95. The maximum Gasteiger partial charge on any atom is 0.232 e. The van der Waals surface area contributed by atoms with E-state index in [9.17, 15) is 0 Å². The third-order valence-corrected chi connectivity index (χ3v) is 1.37. The van der Waals surface area contributed by atoms with Gasteiger partial charge >= 0.3 is 0 Å². The Morgan fingerprint density at radius 2 is 2.23 bits per heavy atom. The van der Waals surface area contributed by atoms with Crippen molar-refractivity contribution >= 4 is 5.82 Å². The van der Waals surface area contributed by atoms with Crippen molar-refractivity contribution in [2.45, 2.75) is 13.0 Å². The fourth-order valence-electron chi connectivity index (χ4n) is 0.862. The molecule has 2 N–H and O–H groups in total. The smallest absolute Gasteiger partial charge is 0.232 e. The third-order valence-electron chi connectivity index (χ3n) is 1.37. The molecule has 0 saturated heterocycles. The van der Waals surface area contributed by atoms with Crippen LogP contribution < -0.4 is 10.5 Å². The highest BCUT2D eigenvalue weighted by molar-refractivity contribution is 5.24. The maximum absolute atomic E-state index is 5.36. The molecule has 5 nitrogen and oxygen atoms in total. The van der Waals surface area contributed by atoms with E-state index in [4.69, 9.17) is 15.2 Å². The van der Waals surface area contributed by atoms with Crippen LogP contribution in [-0.4, -0.2) is 29.8 Å². The summed E-state index contributed by atoms with van der Waals surface area (Å²) >= 11 is 0. The van der Waals surface area contributed by atoms with Gasteiger partial charge in [-0.05, 0) is 6.92 Å². The van der Waals surface area contributed by atoms with Crippen molar-refractivity contribution in [1.82, 2.24) is 9.97 Å². The van der Waals surface area contributed by atoms with Crippen molar-refractivity contribution in [1.29, 1.82) is 0 Å². The zero-order chi connectivity index (χ0) is 9.68. The number of ether oxygens (including phenoxy) is 2. The van der Waals surface area contributed by atoms with Gasteiger partial charge in [0, 0.05) is 7.11 Å². The largest absolute Gasteiger partial charge is 0.471 e. The topological polar surface area (TPSA) is 70.3 Å². The molecule has 0 aliphatic heterocycles. The minimum atomic E-state index is -0.0390. The van der Waals surface area contributed by atoms with Crippen LogP contribution in [0.1, 0.15) is 6.92 Å². The number of hydrogen-bond donors (Lipinski definition) is 1. The average molecular weight is 183 g/mol. The number of rotatable bonds is 4. The zero-order valence-corrected chi connectivity index (χ0v) is 7.73. The molecule has 1 atom stereocenters.